The lowest BCUT2D eigenvalue weighted by atomic mass is 9.86. The molecule has 25 heavy (non-hydrogen) atoms. The van der Waals surface area contributed by atoms with E-state index in [1.54, 1.807) is 6.92 Å². The third-order valence-corrected chi connectivity index (χ3v) is 5.70. The first-order valence-corrected chi connectivity index (χ1v) is 9.34. The molecule has 7 heteroatoms. The Balaban J connectivity index is 1.67. The van der Waals surface area contributed by atoms with Crippen LogP contribution in [-0.4, -0.2) is 89.8 Å². The van der Waals surface area contributed by atoms with E-state index < -0.39 is 0 Å². The molecule has 7 nitrogen and oxygen atoms in total. The molecule has 0 saturated carbocycles. The smallest absolute Gasteiger partial charge is 0.259 e. The molecular formula is C18H30N4O3. The van der Waals surface area contributed by atoms with Crippen molar-refractivity contribution in [1.82, 2.24) is 19.9 Å². The lowest BCUT2D eigenvalue weighted by Gasteiger charge is -2.46. The number of piperazine rings is 1. The SMILES string of the molecule is Cc1oncc1C(=O)N1CC[C@@H](N2CCN(C)CC2)[C@@H](CCCO)C1. The predicted molar refractivity (Wildman–Crippen MR) is 94.4 cm³/mol. The Kier molecular flexibility index (Phi) is 6.09. The summed E-state index contributed by atoms with van der Waals surface area (Å²) >= 11 is 0. The van der Waals surface area contributed by atoms with Crippen molar-refractivity contribution in [3.63, 3.8) is 0 Å². The zero-order valence-electron chi connectivity index (χ0n) is 15.4. The van der Waals surface area contributed by atoms with Crippen LogP contribution in [0.2, 0.25) is 0 Å². The monoisotopic (exact) mass is 350 g/mol. The number of nitrogens with zero attached hydrogens (tertiary/aromatic N) is 4. The Bertz CT molecular complexity index is 568. The van der Waals surface area contributed by atoms with Crippen LogP contribution >= 0.6 is 0 Å². The van der Waals surface area contributed by atoms with Gasteiger partial charge in [0.1, 0.15) is 11.3 Å². The van der Waals surface area contributed by atoms with Crippen molar-refractivity contribution in [1.29, 1.82) is 0 Å². The minimum atomic E-state index is 0.0181. The number of aromatic nitrogens is 1. The number of hydrogen-bond donors (Lipinski definition) is 1. The Labute approximate surface area is 149 Å². The first-order valence-electron chi connectivity index (χ1n) is 9.34. The maximum Gasteiger partial charge on any atom is 0.259 e. The Morgan fingerprint density at radius 2 is 2.08 bits per heavy atom. The molecule has 0 aliphatic carbocycles. The second kappa shape index (κ2) is 8.29. The van der Waals surface area contributed by atoms with E-state index in [0.29, 0.717) is 23.3 Å². The molecule has 3 heterocycles. The van der Waals surface area contributed by atoms with E-state index in [2.05, 4.69) is 22.0 Å². The average molecular weight is 350 g/mol. The van der Waals surface area contributed by atoms with E-state index in [0.717, 1.165) is 58.5 Å². The molecule has 2 saturated heterocycles. The molecule has 1 aromatic heterocycles. The van der Waals surface area contributed by atoms with Crippen LogP contribution in [0, 0.1) is 12.8 Å². The van der Waals surface area contributed by atoms with Crippen LogP contribution in [0.4, 0.5) is 0 Å². The zero-order valence-corrected chi connectivity index (χ0v) is 15.4. The summed E-state index contributed by atoms with van der Waals surface area (Å²) < 4.78 is 5.05. The van der Waals surface area contributed by atoms with Gasteiger partial charge in [-0.25, -0.2) is 0 Å². The highest BCUT2D eigenvalue weighted by Gasteiger charge is 2.36. The molecule has 1 aromatic rings. The maximum absolute atomic E-state index is 12.8. The fourth-order valence-electron chi connectivity index (χ4n) is 4.15. The molecule has 1 amide bonds. The number of hydrogen-bond acceptors (Lipinski definition) is 6. The molecule has 0 aromatic carbocycles. The van der Waals surface area contributed by atoms with Gasteiger partial charge in [0, 0.05) is 51.9 Å². The summed E-state index contributed by atoms with van der Waals surface area (Å²) in [5.41, 5.74) is 0.568. The summed E-state index contributed by atoms with van der Waals surface area (Å²) in [6.07, 6.45) is 4.27. The molecular weight excluding hydrogens is 320 g/mol. The van der Waals surface area contributed by atoms with Crippen molar-refractivity contribution in [2.45, 2.75) is 32.2 Å². The molecule has 2 fully saturated rings. The minimum absolute atomic E-state index is 0.0181. The van der Waals surface area contributed by atoms with Crippen LogP contribution in [0.3, 0.4) is 0 Å². The van der Waals surface area contributed by atoms with Gasteiger partial charge in [0.25, 0.3) is 5.91 Å². The lowest BCUT2D eigenvalue weighted by Crippen LogP contribution is -2.57. The third kappa shape index (κ3) is 4.22. The van der Waals surface area contributed by atoms with Crippen molar-refractivity contribution >= 4 is 5.91 Å². The highest BCUT2D eigenvalue weighted by molar-refractivity contribution is 5.94. The van der Waals surface area contributed by atoms with Crippen LogP contribution in [0.25, 0.3) is 0 Å². The number of aliphatic hydroxyl groups excluding tert-OH is 1. The molecule has 0 unspecified atom stereocenters. The number of carbonyl (C=O) groups excluding carboxylic acids is 1. The average Bonchev–Trinajstić information content (AvgIpc) is 3.06. The maximum atomic E-state index is 12.8. The zero-order chi connectivity index (χ0) is 17.8. The fraction of sp³-hybridized carbons (Fsp3) is 0.778. The minimum Gasteiger partial charge on any atom is -0.396 e. The molecule has 2 aliphatic rings. The van der Waals surface area contributed by atoms with Gasteiger partial charge in [-0.2, -0.15) is 0 Å². The summed E-state index contributed by atoms with van der Waals surface area (Å²) in [5.74, 6) is 1.01. The van der Waals surface area contributed by atoms with E-state index in [9.17, 15) is 9.90 Å². The second-order valence-corrected chi connectivity index (χ2v) is 7.37. The van der Waals surface area contributed by atoms with Gasteiger partial charge in [-0.15, -0.1) is 0 Å². The number of amides is 1. The Hall–Kier alpha value is -1.44. The molecule has 0 spiro atoms. The van der Waals surface area contributed by atoms with Crippen molar-refractivity contribution < 1.29 is 14.4 Å². The van der Waals surface area contributed by atoms with Crippen molar-refractivity contribution in [3.05, 3.63) is 17.5 Å². The summed E-state index contributed by atoms with van der Waals surface area (Å²) in [5, 5.41) is 13.0. The fourth-order valence-corrected chi connectivity index (χ4v) is 4.15. The van der Waals surface area contributed by atoms with Gasteiger partial charge in [-0.1, -0.05) is 5.16 Å². The second-order valence-electron chi connectivity index (χ2n) is 7.37. The van der Waals surface area contributed by atoms with Crippen LogP contribution < -0.4 is 0 Å². The van der Waals surface area contributed by atoms with Gasteiger partial charge in [-0.3, -0.25) is 9.69 Å². The van der Waals surface area contributed by atoms with Crippen molar-refractivity contribution in [2.24, 2.45) is 5.92 Å². The van der Waals surface area contributed by atoms with Gasteiger partial charge in [-0.05, 0) is 39.2 Å². The normalized spacial score (nSPS) is 26.1. The van der Waals surface area contributed by atoms with Crippen LogP contribution in [-0.2, 0) is 0 Å². The number of likely N-dealkylation sites (N-methyl/N-ethyl adjacent to an activating group) is 1. The van der Waals surface area contributed by atoms with Gasteiger partial charge < -0.3 is 19.4 Å². The first-order chi connectivity index (χ1) is 12.1. The van der Waals surface area contributed by atoms with Crippen LogP contribution in [0.1, 0.15) is 35.4 Å². The standard InChI is InChI=1S/C18H30N4O3/c1-14-16(12-19-25-14)18(24)22-6-5-17(15(13-22)4-3-11-23)21-9-7-20(2)8-10-21/h12,15,17,23H,3-11,13H2,1-2H3/t15-,17+/m0/s1. The van der Waals surface area contributed by atoms with Gasteiger partial charge >= 0.3 is 0 Å². The van der Waals surface area contributed by atoms with Gasteiger partial charge in [0.05, 0.1) is 6.20 Å². The molecule has 2 aliphatic heterocycles. The quantitative estimate of drug-likeness (QED) is 0.848. The number of rotatable bonds is 5. The highest BCUT2D eigenvalue weighted by atomic mass is 16.5. The molecule has 2 atom stereocenters. The highest BCUT2D eigenvalue weighted by Crippen LogP contribution is 2.28. The molecule has 1 N–H and O–H groups in total. The van der Waals surface area contributed by atoms with Crippen LogP contribution in [0.15, 0.2) is 10.7 Å². The molecule has 140 valence electrons. The van der Waals surface area contributed by atoms with E-state index in [1.807, 2.05) is 4.90 Å². The van der Waals surface area contributed by atoms with E-state index in [4.69, 9.17) is 4.52 Å². The third-order valence-electron chi connectivity index (χ3n) is 5.70. The summed E-state index contributed by atoms with van der Waals surface area (Å²) in [6, 6.07) is 0.507. The summed E-state index contributed by atoms with van der Waals surface area (Å²) in [7, 11) is 2.17. The largest absolute Gasteiger partial charge is 0.396 e. The van der Waals surface area contributed by atoms with E-state index in [-0.39, 0.29) is 12.5 Å². The molecule has 3 rings (SSSR count). The van der Waals surface area contributed by atoms with E-state index >= 15 is 0 Å². The number of likely N-dealkylation sites (tertiary alicyclic amines) is 1. The number of piperidine rings is 1. The van der Waals surface area contributed by atoms with Crippen molar-refractivity contribution in [3.8, 4) is 0 Å². The van der Waals surface area contributed by atoms with Gasteiger partial charge in [0.2, 0.25) is 0 Å². The van der Waals surface area contributed by atoms with Crippen molar-refractivity contribution in [2.75, 3.05) is 52.9 Å². The number of aryl methyl sites for hydroxylation is 1. The summed E-state index contributed by atoms with van der Waals surface area (Å²) in [4.78, 5) is 19.7. The number of aliphatic hydroxyl groups is 1. The molecule has 0 bridgehead atoms. The first kappa shape index (κ1) is 18.4. The lowest BCUT2D eigenvalue weighted by molar-refractivity contribution is 0.0217. The number of carbonyl (C=O) groups is 1. The predicted octanol–water partition coefficient (Wildman–Crippen LogP) is 0.834. The van der Waals surface area contributed by atoms with Crippen LogP contribution in [0.5, 0.6) is 0 Å². The Morgan fingerprint density at radius 3 is 2.72 bits per heavy atom. The Morgan fingerprint density at radius 1 is 1.32 bits per heavy atom. The van der Waals surface area contributed by atoms with Gasteiger partial charge in [0.15, 0.2) is 0 Å². The van der Waals surface area contributed by atoms with E-state index in [1.165, 1.54) is 6.20 Å². The summed E-state index contributed by atoms with van der Waals surface area (Å²) in [6.45, 7) is 7.91. The molecule has 0 radical (unpaired) electrons. The topological polar surface area (TPSA) is 73.1 Å².